The first kappa shape index (κ1) is 27.0. The summed E-state index contributed by atoms with van der Waals surface area (Å²) in [4.78, 5) is 12.7. The van der Waals surface area contributed by atoms with E-state index in [2.05, 4.69) is 47.6 Å². The molecule has 0 spiro atoms. The number of benzene rings is 1. The molecule has 9 atom stereocenters. The molecule has 3 saturated carbocycles. The molecule has 4 aliphatic carbocycles. The van der Waals surface area contributed by atoms with Crippen LogP contribution in [0.5, 0.6) is 0 Å². The average molecular weight is 505 g/mol. The van der Waals surface area contributed by atoms with E-state index in [1.807, 2.05) is 30.3 Å². The van der Waals surface area contributed by atoms with Crippen LogP contribution in [0, 0.1) is 52.3 Å². The summed E-state index contributed by atoms with van der Waals surface area (Å²) in [6.07, 6.45) is 15.5. The van der Waals surface area contributed by atoms with Crippen LogP contribution in [0.4, 0.5) is 0 Å². The van der Waals surface area contributed by atoms with Gasteiger partial charge in [0.2, 0.25) is 0 Å². The molecule has 37 heavy (non-hydrogen) atoms. The van der Waals surface area contributed by atoms with E-state index >= 15 is 0 Å². The lowest BCUT2D eigenvalue weighted by atomic mass is 9.47. The van der Waals surface area contributed by atoms with Crippen molar-refractivity contribution in [2.24, 2.45) is 52.3 Å². The molecule has 204 valence electrons. The minimum atomic E-state index is -0.161. The van der Waals surface area contributed by atoms with Crippen molar-refractivity contribution in [3.63, 3.8) is 0 Å². The van der Waals surface area contributed by atoms with Gasteiger partial charge < -0.3 is 4.74 Å². The first-order chi connectivity index (χ1) is 17.6. The Morgan fingerprint density at radius 2 is 1.70 bits per heavy atom. The zero-order valence-corrected chi connectivity index (χ0v) is 24.5. The predicted octanol–water partition coefficient (Wildman–Crippen LogP) is 9.50. The Morgan fingerprint density at radius 3 is 2.43 bits per heavy atom. The Morgan fingerprint density at radius 1 is 0.946 bits per heavy atom. The summed E-state index contributed by atoms with van der Waals surface area (Å²) in [6.45, 7) is 15.1. The normalized spacial score (nSPS) is 38.7. The van der Waals surface area contributed by atoms with E-state index < -0.39 is 0 Å². The summed E-state index contributed by atoms with van der Waals surface area (Å²) in [5.41, 5.74) is 3.10. The van der Waals surface area contributed by atoms with Gasteiger partial charge in [-0.1, -0.05) is 84.2 Å². The molecule has 1 aromatic carbocycles. The van der Waals surface area contributed by atoms with Crippen molar-refractivity contribution in [2.45, 2.75) is 112 Å². The van der Waals surface area contributed by atoms with Gasteiger partial charge in [-0.05, 0) is 109 Å². The molecule has 2 heteroatoms. The molecule has 0 N–H and O–H groups in total. The van der Waals surface area contributed by atoms with Crippen molar-refractivity contribution < 1.29 is 9.53 Å². The first-order valence-corrected chi connectivity index (χ1v) is 15.6. The van der Waals surface area contributed by atoms with Crippen molar-refractivity contribution >= 4 is 5.97 Å². The van der Waals surface area contributed by atoms with E-state index in [4.69, 9.17) is 4.74 Å². The van der Waals surface area contributed by atoms with E-state index in [0.29, 0.717) is 16.4 Å². The maximum atomic E-state index is 12.7. The van der Waals surface area contributed by atoms with E-state index in [0.717, 1.165) is 54.3 Å². The lowest BCUT2D eigenvalue weighted by Crippen LogP contribution is -2.51. The van der Waals surface area contributed by atoms with E-state index in [9.17, 15) is 4.79 Å². The molecular weight excluding hydrogens is 452 g/mol. The third-order valence-electron chi connectivity index (χ3n) is 12.3. The topological polar surface area (TPSA) is 26.3 Å². The number of ether oxygens (including phenoxy) is 1. The SMILES string of the molecule is CC(C)[C@H](C)CC[C@@H](C)[C@@H]1CC[C@H]2[C@@H]3CC=C4C[C@@H](OC(=O)c5ccccc5)CC[C@]4(C)[C@@H]3CC[C@]21C. The lowest BCUT2D eigenvalue weighted by molar-refractivity contribution is -0.0596. The highest BCUT2D eigenvalue weighted by atomic mass is 16.5. The minimum absolute atomic E-state index is 0.0300. The van der Waals surface area contributed by atoms with Crippen LogP contribution in [-0.2, 0) is 4.74 Å². The number of allylic oxidation sites excluding steroid dienone is 1. The summed E-state index contributed by atoms with van der Waals surface area (Å²) >= 11 is 0. The zero-order valence-electron chi connectivity index (χ0n) is 24.5. The summed E-state index contributed by atoms with van der Waals surface area (Å²) in [5, 5.41) is 0. The predicted molar refractivity (Wildman–Crippen MR) is 153 cm³/mol. The molecule has 5 rings (SSSR count). The van der Waals surface area contributed by atoms with Gasteiger partial charge in [0, 0.05) is 6.42 Å². The van der Waals surface area contributed by atoms with Gasteiger partial charge in [0.05, 0.1) is 5.56 Å². The van der Waals surface area contributed by atoms with Gasteiger partial charge in [-0.15, -0.1) is 0 Å². The van der Waals surface area contributed by atoms with Crippen LogP contribution >= 0.6 is 0 Å². The largest absolute Gasteiger partial charge is 0.458 e. The number of hydrogen-bond acceptors (Lipinski definition) is 2. The third-order valence-corrected chi connectivity index (χ3v) is 12.3. The molecule has 3 fully saturated rings. The molecule has 0 radical (unpaired) electrons. The van der Waals surface area contributed by atoms with Gasteiger partial charge in [0.15, 0.2) is 0 Å². The number of esters is 1. The van der Waals surface area contributed by atoms with Crippen molar-refractivity contribution in [3.8, 4) is 0 Å². The quantitative estimate of drug-likeness (QED) is 0.273. The van der Waals surface area contributed by atoms with Crippen molar-refractivity contribution in [1.29, 1.82) is 0 Å². The van der Waals surface area contributed by atoms with Gasteiger partial charge in [-0.3, -0.25) is 0 Å². The van der Waals surface area contributed by atoms with Crippen molar-refractivity contribution in [1.82, 2.24) is 0 Å². The summed E-state index contributed by atoms with van der Waals surface area (Å²) in [6, 6.07) is 9.49. The second kappa shape index (κ2) is 10.5. The van der Waals surface area contributed by atoms with Gasteiger partial charge in [-0.25, -0.2) is 4.79 Å². The maximum Gasteiger partial charge on any atom is 0.338 e. The number of hydrogen-bond donors (Lipinski definition) is 0. The molecule has 0 unspecified atom stereocenters. The molecule has 0 bridgehead atoms. The monoisotopic (exact) mass is 504 g/mol. The molecule has 4 aliphatic rings. The Bertz CT molecular complexity index is 978. The van der Waals surface area contributed by atoms with Crippen LogP contribution in [0.2, 0.25) is 0 Å². The Kier molecular flexibility index (Phi) is 7.69. The molecule has 1 aromatic rings. The van der Waals surface area contributed by atoms with Gasteiger partial charge in [0.25, 0.3) is 0 Å². The maximum absolute atomic E-state index is 12.7. The fourth-order valence-electron chi connectivity index (χ4n) is 9.56. The van der Waals surface area contributed by atoms with Crippen molar-refractivity contribution in [2.75, 3.05) is 0 Å². The number of fused-ring (bicyclic) bond motifs is 5. The molecule has 0 amide bonds. The Labute approximate surface area is 227 Å². The first-order valence-electron chi connectivity index (χ1n) is 15.6. The highest BCUT2D eigenvalue weighted by Crippen LogP contribution is 2.67. The van der Waals surface area contributed by atoms with E-state index in [1.54, 1.807) is 5.57 Å². The molecule has 0 saturated heterocycles. The smallest absolute Gasteiger partial charge is 0.338 e. The number of rotatable bonds is 7. The second-order valence-corrected chi connectivity index (χ2v) is 14.4. The Balaban J connectivity index is 1.25. The standard InChI is InChI=1S/C35H52O2/c1-23(2)24(3)12-13-25(4)30-16-17-31-29-15-14-27-22-28(37-33(36)26-10-8-7-9-11-26)18-20-34(27,5)32(29)19-21-35(30,31)6/h7-11,14,23-25,28-32H,12-13,15-22H2,1-6H3/t24-,25-,28+,29+,30+,31+,32-,34+,35+/m1/s1. The van der Waals surface area contributed by atoms with Crippen molar-refractivity contribution in [3.05, 3.63) is 47.5 Å². The average Bonchev–Trinajstić information content (AvgIpc) is 3.25. The highest BCUT2D eigenvalue weighted by Gasteiger charge is 2.59. The lowest BCUT2D eigenvalue weighted by Gasteiger charge is -2.58. The number of carbonyl (C=O) groups is 1. The van der Waals surface area contributed by atoms with Crippen LogP contribution < -0.4 is 0 Å². The number of carbonyl (C=O) groups excluding carboxylic acids is 1. The van der Waals surface area contributed by atoms with Crippen LogP contribution in [0.3, 0.4) is 0 Å². The molecule has 2 nitrogen and oxygen atoms in total. The summed E-state index contributed by atoms with van der Waals surface area (Å²) < 4.78 is 6.01. The molecule has 0 aliphatic heterocycles. The van der Waals surface area contributed by atoms with Gasteiger partial charge >= 0.3 is 5.97 Å². The van der Waals surface area contributed by atoms with E-state index in [-0.39, 0.29) is 12.1 Å². The second-order valence-electron chi connectivity index (χ2n) is 14.4. The molecule has 0 aromatic heterocycles. The summed E-state index contributed by atoms with van der Waals surface area (Å²) in [7, 11) is 0. The van der Waals surface area contributed by atoms with Crippen LogP contribution in [0.1, 0.15) is 116 Å². The summed E-state index contributed by atoms with van der Waals surface area (Å²) in [5.74, 6) is 5.80. The van der Waals surface area contributed by atoms with Crippen LogP contribution in [0.15, 0.2) is 42.0 Å². The minimum Gasteiger partial charge on any atom is -0.458 e. The van der Waals surface area contributed by atoms with Gasteiger partial charge in [0.1, 0.15) is 6.10 Å². The molecular formula is C35H52O2. The van der Waals surface area contributed by atoms with Gasteiger partial charge in [-0.2, -0.15) is 0 Å². The molecule has 0 heterocycles. The zero-order chi connectivity index (χ0) is 26.4. The van der Waals surface area contributed by atoms with Crippen LogP contribution in [0.25, 0.3) is 0 Å². The highest BCUT2D eigenvalue weighted by molar-refractivity contribution is 5.89. The third kappa shape index (κ3) is 4.96. The van der Waals surface area contributed by atoms with E-state index in [1.165, 1.54) is 51.4 Å². The fourth-order valence-corrected chi connectivity index (χ4v) is 9.56. The Hall–Kier alpha value is -1.57. The fraction of sp³-hybridized carbons (Fsp3) is 0.743. The van der Waals surface area contributed by atoms with Crippen LogP contribution in [-0.4, -0.2) is 12.1 Å².